The smallest absolute Gasteiger partial charge is 0.0488 e. The van der Waals surface area contributed by atoms with Gasteiger partial charge in [-0.3, -0.25) is 0 Å². The molecule has 0 bridgehead atoms. The maximum absolute atomic E-state index is 4.32. The zero-order valence-electron chi connectivity index (χ0n) is 12.1. The summed E-state index contributed by atoms with van der Waals surface area (Å²) < 4.78 is 1.34. The molecule has 1 aliphatic rings. The second kappa shape index (κ2) is 4.74. The molecule has 2 heteroatoms. The van der Waals surface area contributed by atoms with E-state index >= 15 is 0 Å². The van der Waals surface area contributed by atoms with E-state index in [2.05, 4.69) is 66.2 Å². The van der Waals surface area contributed by atoms with E-state index in [-0.39, 0.29) is 0 Å². The molecule has 104 valence electrons. The van der Waals surface area contributed by atoms with E-state index in [1.807, 2.05) is 0 Å². The lowest BCUT2D eigenvalue weighted by molar-refractivity contribution is 1.04. The Bertz CT molecular complexity index is 844. The van der Waals surface area contributed by atoms with Crippen LogP contribution in [0, 0.1) is 0 Å². The maximum atomic E-state index is 4.32. The molecule has 0 amide bonds. The zero-order valence-corrected chi connectivity index (χ0v) is 12.9. The van der Waals surface area contributed by atoms with Crippen molar-refractivity contribution in [2.75, 3.05) is 4.90 Å². The average molecular weight is 291 g/mol. The van der Waals surface area contributed by atoms with E-state index in [1.54, 1.807) is 11.3 Å². The normalized spacial score (nSPS) is 14.0. The lowest BCUT2D eigenvalue weighted by atomic mass is 10.0. The van der Waals surface area contributed by atoms with Crippen LogP contribution in [0.25, 0.3) is 15.8 Å². The molecule has 21 heavy (non-hydrogen) atoms. The molecular formula is C19H17NS. The summed E-state index contributed by atoms with van der Waals surface area (Å²) in [4.78, 5) is 2.32. The highest BCUT2D eigenvalue weighted by molar-refractivity contribution is 7.17. The summed E-state index contributed by atoms with van der Waals surface area (Å²) in [5.41, 5.74) is 6.42. The Labute approximate surface area is 129 Å². The van der Waals surface area contributed by atoms with Crippen LogP contribution < -0.4 is 4.90 Å². The Kier molecular flexibility index (Phi) is 2.86. The van der Waals surface area contributed by atoms with Crippen molar-refractivity contribution in [1.29, 1.82) is 0 Å². The minimum Gasteiger partial charge on any atom is -0.337 e. The van der Waals surface area contributed by atoms with E-state index in [0.29, 0.717) is 0 Å². The summed E-state index contributed by atoms with van der Waals surface area (Å²) in [6.45, 7) is 7.45. The van der Waals surface area contributed by atoms with Crippen LogP contribution >= 0.6 is 11.3 Å². The third-order valence-corrected chi connectivity index (χ3v) is 5.19. The number of thiophene rings is 1. The first-order valence-electron chi connectivity index (χ1n) is 7.32. The van der Waals surface area contributed by atoms with Crippen molar-refractivity contribution in [3.63, 3.8) is 0 Å². The lowest BCUT2D eigenvalue weighted by Gasteiger charge is -2.19. The van der Waals surface area contributed by atoms with E-state index < -0.39 is 0 Å². The predicted molar refractivity (Wildman–Crippen MR) is 92.9 cm³/mol. The Morgan fingerprint density at radius 3 is 2.90 bits per heavy atom. The van der Waals surface area contributed by atoms with Gasteiger partial charge >= 0.3 is 0 Å². The number of aryl methyl sites for hydroxylation is 1. The molecule has 1 nitrogen and oxygen atoms in total. The van der Waals surface area contributed by atoms with E-state index in [9.17, 15) is 0 Å². The number of fused-ring (bicyclic) bond motifs is 2. The molecule has 0 aliphatic carbocycles. The van der Waals surface area contributed by atoms with Crippen molar-refractivity contribution in [1.82, 2.24) is 0 Å². The lowest BCUT2D eigenvalue weighted by Crippen LogP contribution is -2.12. The molecule has 0 radical (unpaired) electrons. The standard InChI is InChI=1S/C19H17NS/c1-3-14-4-5-16-12-20(13(2)18(16)10-14)17-6-7-19-15(11-17)8-9-21-19/h4-11H,2-3,12H2,1H3. The molecule has 0 saturated carbocycles. The summed E-state index contributed by atoms with van der Waals surface area (Å²) in [5, 5.41) is 3.46. The van der Waals surface area contributed by atoms with Crippen LogP contribution in [-0.2, 0) is 13.0 Å². The summed E-state index contributed by atoms with van der Waals surface area (Å²) in [6, 6.07) is 15.6. The third kappa shape index (κ3) is 1.98. The molecule has 2 aromatic carbocycles. The summed E-state index contributed by atoms with van der Waals surface area (Å²) in [7, 11) is 0. The molecule has 0 fully saturated rings. The van der Waals surface area contributed by atoms with Crippen molar-refractivity contribution < 1.29 is 0 Å². The first-order chi connectivity index (χ1) is 10.3. The van der Waals surface area contributed by atoms with Crippen molar-refractivity contribution in [2.24, 2.45) is 0 Å². The molecule has 0 atom stereocenters. The summed E-state index contributed by atoms with van der Waals surface area (Å²) >= 11 is 1.79. The highest BCUT2D eigenvalue weighted by Gasteiger charge is 2.23. The third-order valence-electron chi connectivity index (χ3n) is 4.30. The number of benzene rings is 2. The zero-order chi connectivity index (χ0) is 14.4. The van der Waals surface area contributed by atoms with Crippen LogP contribution in [0.15, 0.2) is 54.4 Å². The molecule has 0 N–H and O–H groups in total. The minimum absolute atomic E-state index is 0.924. The van der Waals surface area contributed by atoms with Crippen molar-refractivity contribution >= 4 is 32.8 Å². The van der Waals surface area contributed by atoms with Gasteiger partial charge in [-0.1, -0.05) is 25.6 Å². The fourth-order valence-electron chi connectivity index (χ4n) is 3.03. The van der Waals surface area contributed by atoms with Crippen LogP contribution in [0.4, 0.5) is 5.69 Å². The number of hydrogen-bond acceptors (Lipinski definition) is 2. The topological polar surface area (TPSA) is 3.24 Å². The second-order valence-corrected chi connectivity index (χ2v) is 6.47. The first kappa shape index (κ1) is 12.7. The van der Waals surface area contributed by atoms with Crippen molar-refractivity contribution in [3.05, 3.63) is 71.1 Å². The van der Waals surface area contributed by atoms with Gasteiger partial charge in [0.05, 0.1) is 0 Å². The maximum Gasteiger partial charge on any atom is 0.0488 e. The van der Waals surface area contributed by atoms with Gasteiger partial charge in [-0.15, -0.1) is 11.3 Å². The SMILES string of the molecule is C=C1c2cc(CC)ccc2CN1c1ccc2sccc2c1. The van der Waals surface area contributed by atoms with E-state index in [1.165, 1.54) is 32.5 Å². The molecule has 0 spiro atoms. The monoisotopic (exact) mass is 291 g/mol. The van der Waals surface area contributed by atoms with Crippen LogP contribution in [0.1, 0.15) is 23.6 Å². The molecular weight excluding hydrogens is 274 g/mol. The fraction of sp³-hybridized carbons (Fsp3) is 0.158. The fourth-order valence-corrected chi connectivity index (χ4v) is 3.80. The molecule has 0 saturated heterocycles. The Morgan fingerprint density at radius 1 is 1.14 bits per heavy atom. The number of hydrogen-bond donors (Lipinski definition) is 0. The highest BCUT2D eigenvalue weighted by Crippen LogP contribution is 2.37. The first-order valence-corrected chi connectivity index (χ1v) is 8.20. The second-order valence-electron chi connectivity index (χ2n) is 5.52. The van der Waals surface area contributed by atoms with Gasteiger partial charge in [0.15, 0.2) is 0 Å². The van der Waals surface area contributed by atoms with Gasteiger partial charge < -0.3 is 4.90 Å². The molecule has 1 aromatic heterocycles. The summed E-state index contributed by atoms with van der Waals surface area (Å²) in [5.74, 6) is 0. The van der Waals surface area contributed by atoms with E-state index in [0.717, 1.165) is 18.7 Å². The van der Waals surface area contributed by atoms with Gasteiger partial charge in [-0.05, 0) is 58.6 Å². The van der Waals surface area contributed by atoms with E-state index in [4.69, 9.17) is 0 Å². The Morgan fingerprint density at radius 2 is 2.05 bits per heavy atom. The van der Waals surface area contributed by atoms with Crippen LogP contribution in [-0.4, -0.2) is 0 Å². The highest BCUT2D eigenvalue weighted by atomic mass is 32.1. The summed E-state index contributed by atoms with van der Waals surface area (Å²) in [6.07, 6.45) is 1.07. The molecule has 0 unspecified atom stereocenters. The van der Waals surface area contributed by atoms with Crippen molar-refractivity contribution in [2.45, 2.75) is 19.9 Å². The minimum atomic E-state index is 0.924. The van der Waals surface area contributed by atoms with Crippen molar-refractivity contribution in [3.8, 4) is 0 Å². The van der Waals surface area contributed by atoms with Gasteiger partial charge in [0.25, 0.3) is 0 Å². The number of anilines is 1. The van der Waals surface area contributed by atoms with Gasteiger partial charge in [0, 0.05) is 28.2 Å². The average Bonchev–Trinajstić information content (AvgIpc) is 3.11. The quantitative estimate of drug-likeness (QED) is 0.606. The Hall–Kier alpha value is -2.06. The van der Waals surface area contributed by atoms with Gasteiger partial charge in [-0.25, -0.2) is 0 Å². The van der Waals surface area contributed by atoms with Gasteiger partial charge in [0.1, 0.15) is 0 Å². The van der Waals surface area contributed by atoms with Crippen LogP contribution in [0.2, 0.25) is 0 Å². The number of nitrogens with zero attached hydrogens (tertiary/aromatic N) is 1. The largest absolute Gasteiger partial charge is 0.337 e. The molecule has 4 rings (SSSR count). The van der Waals surface area contributed by atoms with Gasteiger partial charge in [0.2, 0.25) is 0 Å². The van der Waals surface area contributed by atoms with Crippen LogP contribution in [0.3, 0.4) is 0 Å². The van der Waals surface area contributed by atoms with Crippen LogP contribution in [0.5, 0.6) is 0 Å². The van der Waals surface area contributed by atoms with Gasteiger partial charge in [-0.2, -0.15) is 0 Å². The number of rotatable bonds is 2. The Balaban J connectivity index is 1.75. The predicted octanol–water partition coefficient (Wildman–Crippen LogP) is 5.45. The molecule has 3 aromatic rings. The molecule has 2 heterocycles. The molecule has 1 aliphatic heterocycles.